The van der Waals surface area contributed by atoms with E-state index in [1.165, 1.54) is 0 Å². The lowest BCUT2D eigenvalue weighted by molar-refractivity contribution is 0.288. The second-order valence-corrected chi connectivity index (χ2v) is 7.39. The molecule has 0 N–H and O–H groups in total. The summed E-state index contributed by atoms with van der Waals surface area (Å²) in [6.07, 6.45) is 2.70. The van der Waals surface area contributed by atoms with Crippen molar-refractivity contribution < 1.29 is 13.2 Å². The van der Waals surface area contributed by atoms with Crippen molar-refractivity contribution in [3.8, 4) is 5.75 Å². The zero-order chi connectivity index (χ0) is 13.5. The van der Waals surface area contributed by atoms with Crippen molar-refractivity contribution in [2.24, 2.45) is 5.92 Å². The zero-order valence-corrected chi connectivity index (χ0v) is 11.9. The van der Waals surface area contributed by atoms with Crippen LogP contribution in [0.25, 0.3) is 0 Å². The van der Waals surface area contributed by atoms with Crippen molar-refractivity contribution in [3.63, 3.8) is 0 Å². The number of benzene rings is 1. The number of fused-ring (bicyclic) bond motifs is 1. The molecular weight excluding hydrogens is 262 g/mol. The Hall–Kier alpha value is -1.07. The molecule has 0 spiro atoms. The molecule has 2 aliphatic heterocycles. The third-order valence-electron chi connectivity index (χ3n) is 4.04. The number of hydrogen-bond acceptors (Lipinski definition) is 3. The quantitative estimate of drug-likeness (QED) is 0.833. The van der Waals surface area contributed by atoms with Crippen molar-refractivity contribution >= 4 is 10.0 Å². The molecule has 1 aromatic carbocycles. The van der Waals surface area contributed by atoms with Gasteiger partial charge in [-0.2, -0.15) is 4.31 Å². The fourth-order valence-electron chi connectivity index (χ4n) is 2.70. The van der Waals surface area contributed by atoms with Crippen LogP contribution in [0.15, 0.2) is 23.1 Å². The molecule has 0 unspecified atom stereocenters. The van der Waals surface area contributed by atoms with Crippen LogP contribution in [-0.4, -0.2) is 32.4 Å². The summed E-state index contributed by atoms with van der Waals surface area (Å²) in [6.45, 7) is 4.10. The standard InChI is InChI=1S/C14H19NO3S/c1-11-4-7-15(8-5-11)19(16,17)13-2-3-14-12(10-13)6-9-18-14/h2-3,10-11H,4-9H2,1H3. The summed E-state index contributed by atoms with van der Waals surface area (Å²) in [4.78, 5) is 0.409. The topological polar surface area (TPSA) is 46.6 Å². The van der Waals surface area contributed by atoms with E-state index in [-0.39, 0.29) is 0 Å². The third kappa shape index (κ3) is 2.37. The van der Waals surface area contributed by atoms with E-state index in [0.717, 1.165) is 30.6 Å². The second kappa shape index (κ2) is 4.80. The summed E-state index contributed by atoms with van der Waals surface area (Å²) in [5.41, 5.74) is 1.01. The smallest absolute Gasteiger partial charge is 0.243 e. The van der Waals surface area contributed by atoms with Gasteiger partial charge in [0.2, 0.25) is 10.0 Å². The average Bonchev–Trinajstić information content (AvgIpc) is 2.86. The maximum atomic E-state index is 12.6. The van der Waals surface area contributed by atoms with Gasteiger partial charge in [-0.25, -0.2) is 8.42 Å². The van der Waals surface area contributed by atoms with Gasteiger partial charge in [0.1, 0.15) is 5.75 Å². The molecule has 0 amide bonds. The molecule has 0 radical (unpaired) electrons. The van der Waals surface area contributed by atoms with Crippen molar-refractivity contribution in [2.75, 3.05) is 19.7 Å². The molecule has 2 heterocycles. The highest BCUT2D eigenvalue weighted by molar-refractivity contribution is 7.89. The van der Waals surface area contributed by atoms with Gasteiger partial charge in [0, 0.05) is 19.5 Å². The van der Waals surface area contributed by atoms with E-state index in [1.807, 2.05) is 0 Å². The summed E-state index contributed by atoms with van der Waals surface area (Å²) in [5.74, 6) is 1.45. The fourth-order valence-corrected chi connectivity index (χ4v) is 4.22. The first-order chi connectivity index (χ1) is 9.07. The summed E-state index contributed by atoms with van der Waals surface area (Å²) < 4.78 is 32.2. The normalized spacial score (nSPS) is 21.1. The number of piperidine rings is 1. The van der Waals surface area contributed by atoms with Crippen LogP contribution in [0.4, 0.5) is 0 Å². The molecule has 1 saturated heterocycles. The monoisotopic (exact) mass is 281 g/mol. The van der Waals surface area contributed by atoms with Gasteiger partial charge >= 0.3 is 0 Å². The molecule has 0 aromatic heterocycles. The Bertz CT molecular complexity index is 574. The van der Waals surface area contributed by atoms with E-state index in [1.54, 1.807) is 22.5 Å². The molecule has 0 atom stereocenters. The molecule has 104 valence electrons. The molecule has 2 aliphatic rings. The van der Waals surface area contributed by atoms with Crippen LogP contribution in [0.2, 0.25) is 0 Å². The molecule has 1 aromatic rings. The summed E-state index contributed by atoms with van der Waals surface area (Å²) >= 11 is 0. The first kappa shape index (κ1) is 12.9. The lowest BCUT2D eigenvalue weighted by Crippen LogP contribution is -2.37. The van der Waals surface area contributed by atoms with E-state index in [2.05, 4.69) is 6.92 Å². The Labute approximate surface area is 114 Å². The summed E-state index contributed by atoms with van der Waals surface area (Å²) in [7, 11) is -3.33. The number of ether oxygens (including phenoxy) is 1. The lowest BCUT2D eigenvalue weighted by Gasteiger charge is -2.29. The molecule has 0 saturated carbocycles. The molecule has 0 bridgehead atoms. The molecule has 19 heavy (non-hydrogen) atoms. The lowest BCUT2D eigenvalue weighted by atomic mass is 10.0. The molecular formula is C14H19NO3S. The molecule has 3 rings (SSSR count). The first-order valence-corrected chi connectivity index (χ1v) is 8.27. The summed E-state index contributed by atoms with van der Waals surface area (Å²) in [5, 5.41) is 0. The number of nitrogens with zero attached hydrogens (tertiary/aromatic N) is 1. The van der Waals surface area contributed by atoms with Crippen LogP contribution in [0.1, 0.15) is 25.3 Å². The number of hydrogen-bond donors (Lipinski definition) is 0. The van der Waals surface area contributed by atoms with Gasteiger partial charge in [0.15, 0.2) is 0 Å². The predicted octanol–water partition coefficient (Wildman–Crippen LogP) is 2.04. The van der Waals surface area contributed by atoms with Gasteiger partial charge in [-0.05, 0) is 42.5 Å². The van der Waals surface area contributed by atoms with Crippen molar-refractivity contribution in [2.45, 2.75) is 31.1 Å². The highest BCUT2D eigenvalue weighted by atomic mass is 32.2. The van der Waals surface area contributed by atoms with Gasteiger partial charge in [-0.3, -0.25) is 0 Å². The molecule has 1 fully saturated rings. The largest absolute Gasteiger partial charge is 0.493 e. The highest BCUT2D eigenvalue weighted by Gasteiger charge is 2.29. The van der Waals surface area contributed by atoms with Gasteiger partial charge in [0.25, 0.3) is 0 Å². The van der Waals surface area contributed by atoms with Crippen LogP contribution in [0.5, 0.6) is 5.75 Å². The first-order valence-electron chi connectivity index (χ1n) is 6.83. The minimum atomic E-state index is -3.33. The Morgan fingerprint density at radius 1 is 1.26 bits per heavy atom. The van der Waals surface area contributed by atoms with Gasteiger partial charge in [0.05, 0.1) is 11.5 Å². The second-order valence-electron chi connectivity index (χ2n) is 5.45. The van der Waals surface area contributed by atoms with Crippen LogP contribution < -0.4 is 4.74 Å². The average molecular weight is 281 g/mol. The van der Waals surface area contributed by atoms with E-state index in [9.17, 15) is 8.42 Å². The van der Waals surface area contributed by atoms with E-state index in [0.29, 0.717) is 30.5 Å². The Morgan fingerprint density at radius 2 is 2.00 bits per heavy atom. The Balaban J connectivity index is 1.88. The van der Waals surface area contributed by atoms with Crippen LogP contribution >= 0.6 is 0 Å². The van der Waals surface area contributed by atoms with Crippen LogP contribution in [0, 0.1) is 5.92 Å². The minimum Gasteiger partial charge on any atom is -0.493 e. The fraction of sp³-hybridized carbons (Fsp3) is 0.571. The SMILES string of the molecule is CC1CCN(S(=O)(=O)c2ccc3c(c2)CCO3)CC1. The van der Waals surface area contributed by atoms with Crippen molar-refractivity contribution in [3.05, 3.63) is 23.8 Å². The van der Waals surface area contributed by atoms with Gasteiger partial charge in [-0.15, -0.1) is 0 Å². The van der Waals surface area contributed by atoms with Gasteiger partial charge in [-0.1, -0.05) is 6.92 Å². The Kier molecular flexibility index (Phi) is 3.27. The van der Waals surface area contributed by atoms with Gasteiger partial charge < -0.3 is 4.74 Å². The highest BCUT2D eigenvalue weighted by Crippen LogP contribution is 2.30. The van der Waals surface area contributed by atoms with E-state index >= 15 is 0 Å². The van der Waals surface area contributed by atoms with Crippen molar-refractivity contribution in [1.82, 2.24) is 4.31 Å². The Morgan fingerprint density at radius 3 is 2.74 bits per heavy atom. The predicted molar refractivity (Wildman–Crippen MR) is 72.8 cm³/mol. The maximum Gasteiger partial charge on any atom is 0.243 e. The molecule has 0 aliphatic carbocycles. The molecule has 4 nitrogen and oxygen atoms in total. The number of sulfonamides is 1. The molecule has 5 heteroatoms. The van der Waals surface area contributed by atoms with Crippen molar-refractivity contribution in [1.29, 1.82) is 0 Å². The summed E-state index contributed by atoms with van der Waals surface area (Å²) in [6, 6.07) is 5.22. The maximum absolute atomic E-state index is 12.6. The van der Waals surface area contributed by atoms with E-state index < -0.39 is 10.0 Å². The zero-order valence-electron chi connectivity index (χ0n) is 11.1. The number of rotatable bonds is 2. The van der Waals surface area contributed by atoms with Crippen LogP contribution in [0.3, 0.4) is 0 Å². The van der Waals surface area contributed by atoms with E-state index in [4.69, 9.17) is 4.74 Å². The minimum absolute atomic E-state index is 0.409. The third-order valence-corrected chi connectivity index (χ3v) is 5.94. The van der Waals surface area contributed by atoms with Crippen LogP contribution in [-0.2, 0) is 16.4 Å².